The highest BCUT2D eigenvalue weighted by atomic mass is 32.1. The number of hydrogen-bond acceptors (Lipinski definition) is 6. The van der Waals surface area contributed by atoms with Gasteiger partial charge >= 0.3 is 0 Å². The summed E-state index contributed by atoms with van der Waals surface area (Å²) >= 11 is 6.02. The van der Waals surface area contributed by atoms with E-state index in [0.29, 0.717) is 10.7 Å². The van der Waals surface area contributed by atoms with E-state index in [9.17, 15) is 4.79 Å². The van der Waals surface area contributed by atoms with E-state index in [4.69, 9.17) is 18.0 Å². The molecule has 0 aromatic carbocycles. The van der Waals surface area contributed by atoms with Crippen LogP contribution in [0.4, 0.5) is 5.13 Å². The second-order valence-electron chi connectivity index (χ2n) is 2.99. The van der Waals surface area contributed by atoms with Crippen molar-refractivity contribution >= 4 is 39.6 Å². The average Bonchev–Trinajstić information content (AvgIpc) is 2.82. The molecule has 2 aromatic heterocycles. The maximum absolute atomic E-state index is 11.7. The van der Waals surface area contributed by atoms with Crippen LogP contribution in [0.3, 0.4) is 0 Å². The molecule has 86 valence electrons. The lowest BCUT2D eigenvalue weighted by Crippen LogP contribution is -2.15. The Kier molecular flexibility index (Phi) is 3.35. The van der Waals surface area contributed by atoms with Gasteiger partial charge in [0, 0.05) is 11.8 Å². The number of aromatic nitrogens is 3. The van der Waals surface area contributed by atoms with Crippen molar-refractivity contribution in [3.63, 3.8) is 0 Å². The first-order valence-electron chi connectivity index (χ1n) is 4.50. The van der Waals surface area contributed by atoms with Crippen LogP contribution in [0.1, 0.15) is 16.1 Å². The first-order valence-corrected chi connectivity index (χ1v) is 5.79. The topological polar surface area (TPSA) is 93.8 Å². The van der Waals surface area contributed by atoms with Crippen LogP contribution in [-0.2, 0) is 0 Å². The minimum atomic E-state index is -0.351. The fourth-order valence-electron chi connectivity index (χ4n) is 1.06. The third kappa shape index (κ3) is 2.80. The summed E-state index contributed by atoms with van der Waals surface area (Å²) < 4.78 is 0. The van der Waals surface area contributed by atoms with Gasteiger partial charge in [-0.1, -0.05) is 23.6 Å². The van der Waals surface area contributed by atoms with Gasteiger partial charge in [-0.25, -0.2) is 0 Å². The van der Waals surface area contributed by atoms with Crippen molar-refractivity contribution < 1.29 is 4.79 Å². The SMILES string of the molecule is NC(=S)c1ccc(C(=O)Nc2nncs2)nc1. The smallest absolute Gasteiger partial charge is 0.276 e. The Bertz CT molecular complexity index is 537. The quantitative estimate of drug-likeness (QED) is 0.798. The fourth-order valence-corrected chi connectivity index (χ4v) is 1.62. The summed E-state index contributed by atoms with van der Waals surface area (Å²) in [4.78, 5) is 15.9. The standard InChI is InChI=1S/C9H7N5OS2/c10-7(16)5-1-2-6(11-3-5)8(15)13-9-14-12-4-17-9/h1-4H,(H2,10,16)(H,13,14,15). The van der Waals surface area contributed by atoms with E-state index in [1.54, 1.807) is 12.1 Å². The molecule has 0 atom stereocenters. The van der Waals surface area contributed by atoms with Gasteiger partial charge in [-0.3, -0.25) is 15.1 Å². The Morgan fingerprint density at radius 2 is 2.29 bits per heavy atom. The van der Waals surface area contributed by atoms with Crippen LogP contribution in [0.25, 0.3) is 0 Å². The van der Waals surface area contributed by atoms with Crippen LogP contribution in [-0.4, -0.2) is 26.1 Å². The summed E-state index contributed by atoms with van der Waals surface area (Å²) in [6.45, 7) is 0. The maximum atomic E-state index is 11.7. The highest BCUT2D eigenvalue weighted by Crippen LogP contribution is 2.09. The molecule has 0 spiro atoms. The molecular formula is C9H7N5OS2. The highest BCUT2D eigenvalue weighted by Gasteiger charge is 2.09. The second-order valence-corrected chi connectivity index (χ2v) is 4.27. The number of carbonyl (C=O) groups is 1. The van der Waals surface area contributed by atoms with Crippen LogP contribution < -0.4 is 11.1 Å². The van der Waals surface area contributed by atoms with Crippen molar-refractivity contribution in [1.29, 1.82) is 0 Å². The van der Waals surface area contributed by atoms with E-state index in [1.165, 1.54) is 23.0 Å². The summed E-state index contributed by atoms with van der Waals surface area (Å²) in [5, 5.41) is 10.3. The lowest BCUT2D eigenvalue weighted by molar-refractivity contribution is 0.102. The van der Waals surface area contributed by atoms with Gasteiger partial charge in [-0.2, -0.15) is 0 Å². The molecule has 0 aliphatic rings. The summed E-state index contributed by atoms with van der Waals surface area (Å²) in [6.07, 6.45) is 1.46. The number of thiocarbonyl (C=S) groups is 1. The van der Waals surface area contributed by atoms with Crippen molar-refractivity contribution in [3.8, 4) is 0 Å². The number of anilines is 1. The average molecular weight is 265 g/mol. The molecule has 8 heteroatoms. The van der Waals surface area contributed by atoms with E-state index >= 15 is 0 Å². The third-order valence-corrected chi connectivity index (χ3v) is 2.70. The molecule has 2 aromatic rings. The molecule has 0 radical (unpaired) electrons. The zero-order chi connectivity index (χ0) is 12.3. The lowest BCUT2D eigenvalue weighted by Gasteiger charge is -2.01. The number of pyridine rings is 1. The lowest BCUT2D eigenvalue weighted by atomic mass is 10.2. The Labute approximate surface area is 106 Å². The van der Waals surface area contributed by atoms with E-state index in [-0.39, 0.29) is 16.6 Å². The number of hydrogen-bond donors (Lipinski definition) is 2. The van der Waals surface area contributed by atoms with Gasteiger partial charge in [0.15, 0.2) is 0 Å². The number of carbonyl (C=O) groups excluding carboxylic acids is 1. The summed E-state index contributed by atoms with van der Waals surface area (Å²) in [5.41, 5.74) is 7.83. The van der Waals surface area contributed by atoms with Crippen molar-refractivity contribution in [1.82, 2.24) is 15.2 Å². The molecule has 0 bridgehead atoms. The highest BCUT2D eigenvalue weighted by molar-refractivity contribution is 7.80. The minimum absolute atomic E-state index is 0.244. The van der Waals surface area contributed by atoms with Gasteiger partial charge in [0.25, 0.3) is 5.91 Å². The van der Waals surface area contributed by atoms with Crippen molar-refractivity contribution in [2.75, 3.05) is 5.32 Å². The predicted octanol–water partition coefficient (Wildman–Crippen LogP) is 0.820. The Hall–Kier alpha value is -1.93. The van der Waals surface area contributed by atoms with Gasteiger partial charge in [-0.15, -0.1) is 10.2 Å². The molecule has 2 rings (SSSR count). The van der Waals surface area contributed by atoms with E-state index in [0.717, 1.165) is 0 Å². The number of amides is 1. The molecule has 0 saturated heterocycles. The Morgan fingerprint density at radius 3 is 2.82 bits per heavy atom. The van der Waals surface area contributed by atoms with Crippen LogP contribution in [0.15, 0.2) is 23.8 Å². The van der Waals surface area contributed by atoms with Crippen LogP contribution in [0.5, 0.6) is 0 Å². The van der Waals surface area contributed by atoms with Crippen LogP contribution in [0, 0.1) is 0 Å². The number of nitrogens with one attached hydrogen (secondary N) is 1. The van der Waals surface area contributed by atoms with Crippen LogP contribution >= 0.6 is 23.6 Å². The summed E-state index contributed by atoms with van der Waals surface area (Å²) in [5.74, 6) is -0.351. The summed E-state index contributed by atoms with van der Waals surface area (Å²) in [7, 11) is 0. The monoisotopic (exact) mass is 265 g/mol. The number of nitrogens with zero attached hydrogens (tertiary/aromatic N) is 3. The molecule has 0 aliphatic heterocycles. The molecule has 3 N–H and O–H groups in total. The number of nitrogens with two attached hydrogens (primary N) is 1. The third-order valence-electron chi connectivity index (χ3n) is 1.86. The Balaban J connectivity index is 2.12. The molecule has 0 saturated carbocycles. The predicted molar refractivity (Wildman–Crippen MR) is 68.0 cm³/mol. The second kappa shape index (κ2) is 4.93. The van der Waals surface area contributed by atoms with Gasteiger partial charge in [-0.05, 0) is 12.1 Å². The minimum Gasteiger partial charge on any atom is -0.389 e. The van der Waals surface area contributed by atoms with Gasteiger partial charge in [0.2, 0.25) is 5.13 Å². The van der Waals surface area contributed by atoms with Crippen molar-refractivity contribution in [3.05, 3.63) is 35.1 Å². The first-order chi connectivity index (χ1) is 8.16. The zero-order valence-corrected chi connectivity index (χ0v) is 10.1. The fraction of sp³-hybridized carbons (Fsp3) is 0. The summed E-state index contributed by atoms with van der Waals surface area (Å²) in [6, 6.07) is 3.19. The van der Waals surface area contributed by atoms with E-state index < -0.39 is 0 Å². The van der Waals surface area contributed by atoms with Crippen molar-refractivity contribution in [2.24, 2.45) is 5.73 Å². The largest absolute Gasteiger partial charge is 0.389 e. The molecule has 0 unspecified atom stereocenters. The molecule has 6 nitrogen and oxygen atoms in total. The van der Waals surface area contributed by atoms with Gasteiger partial charge < -0.3 is 5.73 Å². The van der Waals surface area contributed by atoms with E-state index in [1.807, 2.05) is 0 Å². The van der Waals surface area contributed by atoms with Gasteiger partial charge in [0.1, 0.15) is 16.2 Å². The molecule has 0 aliphatic carbocycles. The first kappa shape index (κ1) is 11.6. The molecular weight excluding hydrogens is 258 g/mol. The number of rotatable bonds is 3. The van der Waals surface area contributed by atoms with Crippen molar-refractivity contribution in [2.45, 2.75) is 0 Å². The molecule has 2 heterocycles. The molecule has 1 amide bonds. The molecule has 17 heavy (non-hydrogen) atoms. The van der Waals surface area contributed by atoms with E-state index in [2.05, 4.69) is 20.5 Å². The maximum Gasteiger partial charge on any atom is 0.276 e. The normalized spacial score (nSPS) is 9.88. The van der Waals surface area contributed by atoms with Crippen LogP contribution in [0.2, 0.25) is 0 Å². The Morgan fingerprint density at radius 1 is 1.47 bits per heavy atom. The molecule has 0 fully saturated rings. The van der Waals surface area contributed by atoms with Gasteiger partial charge in [0.05, 0.1) is 0 Å². The zero-order valence-electron chi connectivity index (χ0n) is 8.45.